The van der Waals surface area contributed by atoms with Crippen LogP contribution in [-0.4, -0.2) is 22.8 Å². The van der Waals surface area contributed by atoms with Crippen LogP contribution in [0.5, 0.6) is 11.5 Å². The average molecular weight is 520 g/mol. The van der Waals surface area contributed by atoms with Crippen molar-refractivity contribution in [3.63, 3.8) is 0 Å². The van der Waals surface area contributed by atoms with E-state index in [0.29, 0.717) is 28.8 Å². The predicted octanol–water partition coefficient (Wildman–Crippen LogP) is 6.58. The molecule has 0 saturated heterocycles. The van der Waals surface area contributed by atoms with Crippen molar-refractivity contribution in [2.75, 3.05) is 12.4 Å². The van der Waals surface area contributed by atoms with Gasteiger partial charge in [0.1, 0.15) is 23.9 Å². The van der Waals surface area contributed by atoms with Gasteiger partial charge in [-0.15, -0.1) is 0 Å². The number of amides is 1. The Bertz CT molecular complexity index is 1430. The maximum atomic E-state index is 14.2. The molecule has 0 unspecified atom stereocenters. The Hall–Kier alpha value is -4.10. The Balaban J connectivity index is 1.41. The maximum Gasteiger partial charge on any atom is 0.249 e. The first-order valence-corrected chi connectivity index (χ1v) is 12.0. The van der Waals surface area contributed by atoms with E-state index in [0.717, 1.165) is 28.1 Å². The highest BCUT2D eigenvalue weighted by Gasteiger charge is 2.12. The number of aryl methyl sites for hydroxylation is 2. The van der Waals surface area contributed by atoms with Crippen LogP contribution < -0.4 is 14.8 Å². The lowest BCUT2D eigenvalue weighted by molar-refractivity contribution is -0.111. The van der Waals surface area contributed by atoms with Crippen LogP contribution in [0.2, 0.25) is 5.02 Å². The Morgan fingerprint density at radius 1 is 1.11 bits per heavy atom. The van der Waals surface area contributed by atoms with E-state index >= 15 is 0 Å². The van der Waals surface area contributed by atoms with Gasteiger partial charge in [0.05, 0.1) is 13.7 Å². The first kappa shape index (κ1) is 26.0. The standard InChI is InChI=1S/C29H27ClFN3O3/c1-19-6-4-7-23(14-19)37-18-22-16-21(10-12-27(22)36-3)11-13-29(35)32-28-15-20(2)34(33-28)17-24-25(30)8-5-9-26(24)31/h4-16H,17-18H2,1-3H3,(H,32,33,35)/b13-11+. The third kappa shape index (κ3) is 6.77. The molecule has 1 N–H and O–H groups in total. The molecule has 0 bridgehead atoms. The van der Waals surface area contributed by atoms with Crippen LogP contribution in [0.15, 0.2) is 72.8 Å². The fourth-order valence-electron chi connectivity index (χ4n) is 3.79. The van der Waals surface area contributed by atoms with E-state index in [9.17, 15) is 9.18 Å². The van der Waals surface area contributed by atoms with Crippen molar-refractivity contribution in [1.82, 2.24) is 9.78 Å². The highest BCUT2D eigenvalue weighted by molar-refractivity contribution is 6.31. The summed E-state index contributed by atoms with van der Waals surface area (Å²) in [6.07, 6.45) is 3.13. The molecule has 1 amide bonds. The van der Waals surface area contributed by atoms with Crippen molar-refractivity contribution in [2.24, 2.45) is 0 Å². The molecular formula is C29H27ClFN3O3. The molecule has 0 fully saturated rings. The lowest BCUT2D eigenvalue weighted by atomic mass is 10.1. The number of rotatable bonds is 9. The lowest BCUT2D eigenvalue weighted by Crippen LogP contribution is -2.10. The van der Waals surface area contributed by atoms with Gasteiger partial charge in [-0.1, -0.05) is 35.9 Å². The fraction of sp³-hybridized carbons (Fsp3) is 0.172. The molecule has 0 atom stereocenters. The number of carbonyl (C=O) groups is 1. The molecule has 4 rings (SSSR count). The van der Waals surface area contributed by atoms with Gasteiger partial charge in [-0.3, -0.25) is 9.48 Å². The number of nitrogens with one attached hydrogen (secondary N) is 1. The van der Waals surface area contributed by atoms with Gasteiger partial charge in [-0.05, 0) is 67.4 Å². The van der Waals surface area contributed by atoms with Crippen molar-refractivity contribution >= 4 is 29.4 Å². The monoisotopic (exact) mass is 519 g/mol. The summed E-state index contributed by atoms with van der Waals surface area (Å²) in [5.41, 5.74) is 3.88. The number of aromatic nitrogens is 2. The van der Waals surface area contributed by atoms with Crippen LogP contribution in [0.3, 0.4) is 0 Å². The SMILES string of the molecule is COc1ccc(/C=C/C(=O)Nc2cc(C)n(Cc3c(F)cccc3Cl)n2)cc1COc1cccc(C)c1. The number of hydrogen-bond acceptors (Lipinski definition) is 4. The molecule has 0 saturated carbocycles. The van der Waals surface area contributed by atoms with Crippen molar-refractivity contribution in [3.8, 4) is 11.5 Å². The van der Waals surface area contributed by atoms with E-state index in [1.165, 1.54) is 12.1 Å². The third-order valence-corrected chi connectivity index (χ3v) is 6.07. The number of anilines is 1. The van der Waals surface area contributed by atoms with Crippen LogP contribution in [0.1, 0.15) is 27.9 Å². The Kier molecular flexibility index (Phi) is 8.25. The van der Waals surface area contributed by atoms with Crippen LogP contribution in [0, 0.1) is 19.7 Å². The second kappa shape index (κ2) is 11.8. The second-order valence-corrected chi connectivity index (χ2v) is 8.94. The summed E-state index contributed by atoms with van der Waals surface area (Å²) in [4.78, 5) is 12.5. The zero-order valence-corrected chi connectivity index (χ0v) is 21.6. The van der Waals surface area contributed by atoms with Gasteiger partial charge in [0, 0.05) is 34.0 Å². The summed E-state index contributed by atoms with van der Waals surface area (Å²) in [5, 5.41) is 7.44. The topological polar surface area (TPSA) is 65.4 Å². The number of nitrogens with zero attached hydrogens (tertiary/aromatic N) is 2. The Labute approximate surface area is 220 Å². The molecule has 3 aromatic carbocycles. The number of carbonyl (C=O) groups excluding carboxylic acids is 1. The first-order valence-electron chi connectivity index (χ1n) is 11.6. The molecule has 0 aliphatic carbocycles. The van der Waals surface area contributed by atoms with Crippen molar-refractivity contribution < 1.29 is 18.7 Å². The summed E-state index contributed by atoms with van der Waals surface area (Å²) < 4.78 is 27.1. The highest BCUT2D eigenvalue weighted by Crippen LogP contribution is 2.24. The van der Waals surface area contributed by atoms with E-state index in [-0.39, 0.29) is 12.5 Å². The molecule has 0 radical (unpaired) electrons. The van der Waals surface area contributed by atoms with E-state index in [4.69, 9.17) is 21.1 Å². The minimum Gasteiger partial charge on any atom is -0.496 e. The number of benzene rings is 3. The Morgan fingerprint density at radius 3 is 2.68 bits per heavy atom. The Morgan fingerprint density at radius 2 is 1.92 bits per heavy atom. The van der Waals surface area contributed by atoms with Crippen LogP contribution in [0.25, 0.3) is 6.08 Å². The van der Waals surface area contributed by atoms with Crippen molar-refractivity contribution in [2.45, 2.75) is 27.0 Å². The highest BCUT2D eigenvalue weighted by atomic mass is 35.5. The molecule has 0 aliphatic rings. The lowest BCUT2D eigenvalue weighted by Gasteiger charge is -2.11. The quantitative estimate of drug-likeness (QED) is 0.254. The fourth-order valence-corrected chi connectivity index (χ4v) is 4.01. The first-order chi connectivity index (χ1) is 17.8. The molecule has 1 heterocycles. The second-order valence-electron chi connectivity index (χ2n) is 8.53. The van der Waals surface area contributed by atoms with Gasteiger partial charge in [-0.2, -0.15) is 5.10 Å². The van der Waals surface area contributed by atoms with E-state index in [1.807, 2.05) is 56.3 Å². The molecule has 190 valence electrons. The summed E-state index contributed by atoms with van der Waals surface area (Å²) in [6.45, 7) is 4.31. The average Bonchev–Trinajstić information content (AvgIpc) is 3.22. The molecule has 0 aliphatic heterocycles. The van der Waals surface area contributed by atoms with Crippen LogP contribution >= 0.6 is 11.6 Å². The number of hydrogen-bond donors (Lipinski definition) is 1. The number of halogens is 2. The van der Waals surface area contributed by atoms with Gasteiger partial charge in [0.15, 0.2) is 5.82 Å². The number of ether oxygens (including phenoxy) is 2. The zero-order chi connectivity index (χ0) is 26.4. The van der Waals surface area contributed by atoms with E-state index in [2.05, 4.69) is 10.4 Å². The minimum absolute atomic E-state index is 0.155. The molecule has 1 aromatic heterocycles. The van der Waals surface area contributed by atoms with Gasteiger partial charge >= 0.3 is 0 Å². The summed E-state index contributed by atoms with van der Waals surface area (Å²) in [7, 11) is 1.61. The number of methoxy groups -OCH3 is 1. The van der Waals surface area contributed by atoms with E-state index in [1.54, 1.807) is 36.1 Å². The van der Waals surface area contributed by atoms with E-state index < -0.39 is 5.82 Å². The van der Waals surface area contributed by atoms with Gasteiger partial charge in [0.25, 0.3) is 0 Å². The van der Waals surface area contributed by atoms with Gasteiger partial charge in [-0.25, -0.2) is 4.39 Å². The molecule has 8 heteroatoms. The smallest absolute Gasteiger partial charge is 0.249 e. The molecular weight excluding hydrogens is 493 g/mol. The largest absolute Gasteiger partial charge is 0.496 e. The summed E-state index contributed by atoms with van der Waals surface area (Å²) in [5.74, 6) is 1.09. The minimum atomic E-state index is -0.404. The van der Waals surface area contributed by atoms with Gasteiger partial charge in [0.2, 0.25) is 5.91 Å². The van der Waals surface area contributed by atoms with Crippen LogP contribution in [0.4, 0.5) is 10.2 Å². The molecule has 4 aromatic rings. The van der Waals surface area contributed by atoms with Crippen molar-refractivity contribution in [3.05, 3.63) is 112 Å². The maximum absolute atomic E-state index is 14.2. The zero-order valence-electron chi connectivity index (χ0n) is 20.8. The van der Waals surface area contributed by atoms with Gasteiger partial charge < -0.3 is 14.8 Å². The van der Waals surface area contributed by atoms with Crippen LogP contribution in [-0.2, 0) is 17.9 Å². The summed E-state index contributed by atoms with van der Waals surface area (Å²) >= 11 is 6.13. The normalized spacial score (nSPS) is 11.1. The third-order valence-electron chi connectivity index (χ3n) is 5.72. The molecule has 37 heavy (non-hydrogen) atoms. The molecule has 0 spiro atoms. The van der Waals surface area contributed by atoms with Crippen molar-refractivity contribution in [1.29, 1.82) is 0 Å². The summed E-state index contributed by atoms with van der Waals surface area (Å²) in [6, 6.07) is 19.7. The molecule has 6 nitrogen and oxygen atoms in total. The predicted molar refractivity (Wildman–Crippen MR) is 144 cm³/mol.